The van der Waals surface area contributed by atoms with Crippen LogP contribution in [-0.2, 0) is 7.05 Å². The third kappa shape index (κ3) is 1.52. The molecule has 0 N–H and O–H groups in total. The molecule has 0 saturated heterocycles. The van der Waals surface area contributed by atoms with E-state index in [-0.39, 0.29) is 0 Å². The van der Waals surface area contributed by atoms with Gasteiger partial charge in [0.2, 0.25) is 0 Å². The van der Waals surface area contributed by atoms with E-state index in [0.29, 0.717) is 0 Å². The fraction of sp³-hybridized carbons (Fsp3) is 0.545. The SMILES string of the molecule is CCN(CC)c1ncnc2c1c(C)nn2C. The van der Waals surface area contributed by atoms with E-state index in [1.165, 1.54) is 0 Å². The summed E-state index contributed by atoms with van der Waals surface area (Å²) in [6.45, 7) is 8.14. The summed E-state index contributed by atoms with van der Waals surface area (Å²) >= 11 is 0. The summed E-state index contributed by atoms with van der Waals surface area (Å²) in [5, 5.41) is 5.45. The molecule has 0 saturated carbocycles. The van der Waals surface area contributed by atoms with Gasteiger partial charge in [-0.2, -0.15) is 5.10 Å². The van der Waals surface area contributed by atoms with Crippen molar-refractivity contribution in [3.63, 3.8) is 0 Å². The zero-order valence-electron chi connectivity index (χ0n) is 10.2. The predicted molar refractivity (Wildman–Crippen MR) is 64.6 cm³/mol. The molecule has 0 aliphatic carbocycles. The Labute approximate surface area is 95.1 Å². The Bertz CT molecular complexity index is 498. The van der Waals surface area contributed by atoms with Crippen molar-refractivity contribution < 1.29 is 0 Å². The first kappa shape index (κ1) is 10.9. The van der Waals surface area contributed by atoms with Crippen LogP contribution in [0.4, 0.5) is 5.82 Å². The fourth-order valence-corrected chi connectivity index (χ4v) is 2.02. The van der Waals surface area contributed by atoms with Gasteiger partial charge in [0.05, 0.1) is 11.1 Å². The zero-order valence-corrected chi connectivity index (χ0v) is 10.2. The van der Waals surface area contributed by atoms with E-state index in [0.717, 1.165) is 35.6 Å². The Morgan fingerprint density at radius 1 is 1.25 bits per heavy atom. The lowest BCUT2D eigenvalue weighted by molar-refractivity contribution is 0.772. The molecule has 0 bridgehead atoms. The molecule has 16 heavy (non-hydrogen) atoms. The van der Waals surface area contributed by atoms with Crippen molar-refractivity contribution in [1.82, 2.24) is 19.7 Å². The van der Waals surface area contributed by atoms with E-state index >= 15 is 0 Å². The molecule has 86 valence electrons. The summed E-state index contributed by atoms with van der Waals surface area (Å²) < 4.78 is 1.80. The number of anilines is 1. The van der Waals surface area contributed by atoms with Gasteiger partial charge in [0.1, 0.15) is 12.1 Å². The van der Waals surface area contributed by atoms with Gasteiger partial charge in [-0.05, 0) is 20.8 Å². The number of hydrogen-bond donors (Lipinski definition) is 0. The molecule has 2 rings (SSSR count). The van der Waals surface area contributed by atoms with E-state index in [9.17, 15) is 0 Å². The van der Waals surface area contributed by atoms with Gasteiger partial charge in [0.25, 0.3) is 0 Å². The van der Waals surface area contributed by atoms with Gasteiger partial charge in [0, 0.05) is 20.1 Å². The second kappa shape index (κ2) is 4.08. The van der Waals surface area contributed by atoms with Crippen molar-refractivity contribution >= 4 is 16.9 Å². The van der Waals surface area contributed by atoms with E-state index in [2.05, 4.69) is 33.8 Å². The quantitative estimate of drug-likeness (QED) is 0.785. The molecule has 0 fully saturated rings. The Hall–Kier alpha value is -1.65. The van der Waals surface area contributed by atoms with Crippen LogP contribution in [0.15, 0.2) is 6.33 Å². The molecule has 0 spiro atoms. The normalized spacial score (nSPS) is 11.0. The summed E-state index contributed by atoms with van der Waals surface area (Å²) in [5.74, 6) is 0.987. The lowest BCUT2D eigenvalue weighted by Crippen LogP contribution is -2.23. The smallest absolute Gasteiger partial charge is 0.163 e. The third-order valence-electron chi connectivity index (χ3n) is 2.84. The van der Waals surface area contributed by atoms with Gasteiger partial charge in [-0.15, -0.1) is 0 Å². The van der Waals surface area contributed by atoms with Gasteiger partial charge in [-0.1, -0.05) is 0 Å². The van der Waals surface area contributed by atoms with E-state index < -0.39 is 0 Å². The molecule has 0 unspecified atom stereocenters. The Morgan fingerprint density at radius 3 is 2.56 bits per heavy atom. The minimum absolute atomic E-state index is 0.898. The van der Waals surface area contributed by atoms with Crippen LogP contribution in [0.1, 0.15) is 19.5 Å². The predicted octanol–water partition coefficient (Wildman–Crippen LogP) is 1.52. The fourth-order valence-electron chi connectivity index (χ4n) is 2.02. The molecular weight excluding hydrogens is 202 g/mol. The molecule has 0 amide bonds. The van der Waals surface area contributed by atoms with Gasteiger partial charge < -0.3 is 4.90 Å². The maximum atomic E-state index is 4.39. The van der Waals surface area contributed by atoms with Crippen LogP contribution in [0.2, 0.25) is 0 Å². The van der Waals surface area contributed by atoms with E-state index in [1.807, 2.05) is 14.0 Å². The first-order valence-electron chi connectivity index (χ1n) is 5.58. The highest BCUT2D eigenvalue weighted by atomic mass is 15.3. The number of nitrogens with zero attached hydrogens (tertiary/aromatic N) is 5. The van der Waals surface area contributed by atoms with Crippen molar-refractivity contribution in [3.05, 3.63) is 12.0 Å². The van der Waals surface area contributed by atoms with Crippen LogP contribution in [0.5, 0.6) is 0 Å². The van der Waals surface area contributed by atoms with Crippen LogP contribution in [0.3, 0.4) is 0 Å². The molecule has 5 heteroatoms. The number of aryl methyl sites for hydroxylation is 2. The van der Waals surface area contributed by atoms with Gasteiger partial charge in [0.15, 0.2) is 5.65 Å². The average molecular weight is 219 g/mol. The van der Waals surface area contributed by atoms with Gasteiger partial charge >= 0.3 is 0 Å². The molecule has 2 aromatic rings. The Balaban J connectivity index is 2.69. The first-order chi connectivity index (χ1) is 7.69. The Morgan fingerprint density at radius 2 is 1.94 bits per heavy atom. The molecule has 2 aromatic heterocycles. The summed E-state index contributed by atoms with van der Waals surface area (Å²) in [6.07, 6.45) is 1.61. The number of hydrogen-bond acceptors (Lipinski definition) is 4. The molecule has 0 atom stereocenters. The maximum Gasteiger partial charge on any atom is 0.163 e. The molecule has 0 aliphatic rings. The topological polar surface area (TPSA) is 46.8 Å². The highest BCUT2D eigenvalue weighted by Gasteiger charge is 2.15. The first-order valence-corrected chi connectivity index (χ1v) is 5.58. The van der Waals surface area contributed by atoms with Crippen LogP contribution >= 0.6 is 0 Å². The Kier molecular flexibility index (Phi) is 2.77. The summed E-state index contributed by atoms with van der Waals surface area (Å²) in [4.78, 5) is 10.9. The molecule has 0 aromatic carbocycles. The van der Waals surface area contributed by atoms with Crippen molar-refractivity contribution in [3.8, 4) is 0 Å². The van der Waals surface area contributed by atoms with Gasteiger partial charge in [-0.25, -0.2) is 9.97 Å². The monoisotopic (exact) mass is 219 g/mol. The van der Waals surface area contributed by atoms with Crippen molar-refractivity contribution in [2.75, 3.05) is 18.0 Å². The number of fused-ring (bicyclic) bond motifs is 1. The summed E-state index contributed by atoms with van der Waals surface area (Å²) in [7, 11) is 1.91. The van der Waals surface area contributed by atoms with Crippen LogP contribution in [0.25, 0.3) is 11.0 Å². The molecule has 0 aliphatic heterocycles. The second-order valence-electron chi connectivity index (χ2n) is 3.78. The molecule has 2 heterocycles. The molecule has 5 nitrogen and oxygen atoms in total. The molecular formula is C11H17N5. The van der Waals surface area contributed by atoms with E-state index in [4.69, 9.17) is 0 Å². The van der Waals surface area contributed by atoms with Crippen molar-refractivity contribution in [2.45, 2.75) is 20.8 Å². The van der Waals surface area contributed by atoms with Crippen molar-refractivity contribution in [2.24, 2.45) is 7.05 Å². The highest BCUT2D eigenvalue weighted by molar-refractivity contribution is 5.89. The zero-order chi connectivity index (χ0) is 11.7. The maximum absolute atomic E-state index is 4.39. The summed E-state index contributed by atoms with van der Waals surface area (Å²) in [5.41, 5.74) is 1.88. The molecule has 0 radical (unpaired) electrons. The lowest BCUT2D eigenvalue weighted by atomic mass is 10.3. The van der Waals surface area contributed by atoms with Crippen LogP contribution < -0.4 is 4.90 Å². The number of aromatic nitrogens is 4. The van der Waals surface area contributed by atoms with Crippen LogP contribution in [-0.4, -0.2) is 32.8 Å². The highest BCUT2D eigenvalue weighted by Crippen LogP contribution is 2.24. The third-order valence-corrected chi connectivity index (χ3v) is 2.84. The standard InChI is InChI=1S/C11H17N5/c1-5-16(6-2)11-9-8(3)14-15(4)10(9)12-7-13-11/h7H,5-6H2,1-4H3. The van der Waals surface area contributed by atoms with Crippen LogP contribution in [0, 0.1) is 6.92 Å². The summed E-state index contributed by atoms with van der Waals surface area (Å²) in [6, 6.07) is 0. The van der Waals surface area contributed by atoms with Crippen molar-refractivity contribution in [1.29, 1.82) is 0 Å². The van der Waals surface area contributed by atoms with E-state index in [1.54, 1.807) is 11.0 Å². The average Bonchev–Trinajstić information content (AvgIpc) is 2.57. The van der Waals surface area contributed by atoms with Gasteiger partial charge in [-0.3, -0.25) is 4.68 Å². The lowest BCUT2D eigenvalue weighted by Gasteiger charge is -2.20. The second-order valence-corrected chi connectivity index (χ2v) is 3.78. The minimum atomic E-state index is 0.898. The largest absolute Gasteiger partial charge is 0.356 e. The number of rotatable bonds is 3. The minimum Gasteiger partial charge on any atom is -0.356 e.